The van der Waals surface area contributed by atoms with Crippen LogP contribution in [0.2, 0.25) is 5.02 Å². The maximum Gasteiger partial charge on any atom is 0.243 e. The molecule has 154 valence electrons. The maximum atomic E-state index is 12.9. The topological polar surface area (TPSA) is 84.9 Å². The van der Waals surface area contributed by atoms with Crippen molar-refractivity contribution in [2.24, 2.45) is 5.92 Å². The number of piperidine rings is 1. The van der Waals surface area contributed by atoms with Gasteiger partial charge < -0.3 is 14.8 Å². The molecule has 0 radical (unpaired) electrons. The number of rotatable bonds is 4. The molecule has 2 aromatic carbocycles. The fraction of sp³-hybridized carbons (Fsp3) is 0.350. The Hall–Kier alpha value is -2.29. The SMILES string of the molecule is O=C(Nc1cc2c(cc1Cl)OCCO2)C1CCCN(S(=O)(=O)c2ccccc2)C1. The van der Waals surface area contributed by atoms with Crippen molar-refractivity contribution in [1.82, 2.24) is 4.31 Å². The van der Waals surface area contributed by atoms with Gasteiger partial charge >= 0.3 is 0 Å². The molecular weight excluding hydrogens is 416 g/mol. The summed E-state index contributed by atoms with van der Waals surface area (Å²) in [6, 6.07) is 11.5. The summed E-state index contributed by atoms with van der Waals surface area (Å²) >= 11 is 6.27. The van der Waals surface area contributed by atoms with Crippen LogP contribution in [0.5, 0.6) is 11.5 Å². The number of amides is 1. The van der Waals surface area contributed by atoms with Gasteiger partial charge in [0.25, 0.3) is 0 Å². The highest BCUT2D eigenvalue weighted by Crippen LogP contribution is 2.38. The van der Waals surface area contributed by atoms with Crippen LogP contribution in [0.4, 0.5) is 5.69 Å². The number of hydrogen-bond acceptors (Lipinski definition) is 5. The minimum atomic E-state index is -3.63. The molecule has 4 rings (SSSR count). The van der Waals surface area contributed by atoms with Crippen LogP contribution in [0, 0.1) is 5.92 Å². The van der Waals surface area contributed by atoms with E-state index in [9.17, 15) is 13.2 Å². The minimum Gasteiger partial charge on any atom is -0.486 e. The van der Waals surface area contributed by atoms with E-state index in [-0.39, 0.29) is 17.3 Å². The molecule has 0 spiro atoms. The number of fused-ring (bicyclic) bond motifs is 1. The Bertz CT molecular complexity index is 1010. The summed E-state index contributed by atoms with van der Waals surface area (Å²) < 4.78 is 38.1. The molecule has 2 heterocycles. The summed E-state index contributed by atoms with van der Waals surface area (Å²) in [6.07, 6.45) is 1.22. The van der Waals surface area contributed by atoms with E-state index in [2.05, 4.69) is 5.32 Å². The van der Waals surface area contributed by atoms with Crippen LogP contribution in [0.3, 0.4) is 0 Å². The predicted molar refractivity (Wildman–Crippen MR) is 109 cm³/mol. The molecule has 9 heteroatoms. The first-order valence-corrected chi connectivity index (χ1v) is 11.2. The van der Waals surface area contributed by atoms with E-state index in [4.69, 9.17) is 21.1 Å². The van der Waals surface area contributed by atoms with Crippen LogP contribution in [0.15, 0.2) is 47.4 Å². The smallest absolute Gasteiger partial charge is 0.243 e. The standard InChI is InChI=1S/C20H21ClN2O5S/c21-16-11-18-19(28-10-9-27-18)12-17(16)22-20(24)14-5-4-8-23(13-14)29(25,26)15-6-2-1-3-7-15/h1-3,6-7,11-12,14H,4-5,8-10,13H2,(H,22,24). The molecule has 2 aliphatic rings. The highest BCUT2D eigenvalue weighted by Gasteiger charge is 2.33. The average molecular weight is 437 g/mol. The molecule has 29 heavy (non-hydrogen) atoms. The summed E-state index contributed by atoms with van der Waals surface area (Å²) in [5.74, 6) is 0.327. The van der Waals surface area contributed by atoms with Crippen LogP contribution in [0.25, 0.3) is 0 Å². The van der Waals surface area contributed by atoms with E-state index in [1.54, 1.807) is 42.5 Å². The highest BCUT2D eigenvalue weighted by atomic mass is 35.5. The molecule has 1 atom stereocenters. The number of carbonyl (C=O) groups is 1. The second-order valence-electron chi connectivity index (χ2n) is 6.98. The first-order chi connectivity index (χ1) is 13.9. The Kier molecular flexibility index (Phi) is 5.67. The van der Waals surface area contributed by atoms with Crippen molar-refractivity contribution in [2.45, 2.75) is 17.7 Å². The molecule has 2 aliphatic heterocycles. The number of nitrogens with zero attached hydrogens (tertiary/aromatic N) is 1. The lowest BCUT2D eigenvalue weighted by molar-refractivity contribution is -0.120. The fourth-order valence-electron chi connectivity index (χ4n) is 3.51. The molecule has 0 bridgehead atoms. The monoisotopic (exact) mass is 436 g/mol. The van der Waals surface area contributed by atoms with Gasteiger partial charge in [-0.2, -0.15) is 4.31 Å². The number of benzene rings is 2. The zero-order valence-corrected chi connectivity index (χ0v) is 17.2. The second-order valence-corrected chi connectivity index (χ2v) is 9.33. The molecule has 1 saturated heterocycles. The van der Waals surface area contributed by atoms with Crippen molar-refractivity contribution >= 4 is 33.2 Å². The number of halogens is 1. The van der Waals surface area contributed by atoms with Crippen LogP contribution in [0.1, 0.15) is 12.8 Å². The average Bonchev–Trinajstić information content (AvgIpc) is 2.75. The minimum absolute atomic E-state index is 0.130. The van der Waals surface area contributed by atoms with Crippen LogP contribution in [-0.2, 0) is 14.8 Å². The lowest BCUT2D eigenvalue weighted by Gasteiger charge is -2.31. The molecule has 1 N–H and O–H groups in total. The number of anilines is 1. The van der Waals surface area contributed by atoms with Gasteiger partial charge in [-0.1, -0.05) is 29.8 Å². The van der Waals surface area contributed by atoms with Gasteiger partial charge in [-0.25, -0.2) is 8.42 Å². The van der Waals surface area contributed by atoms with Crippen LogP contribution in [-0.4, -0.2) is 44.9 Å². The molecule has 1 fully saturated rings. The molecule has 2 aromatic rings. The van der Waals surface area contributed by atoms with Crippen molar-refractivity contribution < 1.29 is 22.7 Å². The zero-order chi connectivity index (χ0) is 20.4. The quantitative estimate of drug-likeness (QED) is 0.795. The maximum absolute atomic E-state index is 12.9. The Balaban J connectivity index is 1.48. The third kappa shape index (κ3) is 4.19. The van der Waals surface area contributed by atoms with Crippen molar-refractivity contribution in [3.8, 4) is 11.5 Å². The number of carbonyl (C=O) groups excluding carboxylic acids is 1. The predicted octanol–water partition coefficient (Wildman–Crippen LogP) is 3.15. The summed E-state index contributed by atoms with van der Waals surface area (Å²) in [5, 5.41) is 3.15. The Morgan fingerprint density at radius 1 is 1.10 bits per heavy atom. The van der Waals surface area contributed by atoms with Gasteiger partial charge in [0.1, 0.15) is 13.2 Å². The molecule has 0 aliphatic carbocycles. The number of hydrogen-bond donors (Lipinski definition) is 1. The van der Waals surface area contributed by atoms with Gasteiger partial charge in [0.15, 0.2) is 11.5 Å². The zero-order valence-electron chi connectivity index (χ0n) is 15.6. The molecule has 0 saturated carbocycles. The van der Waals surface area contributed by atoms with Gasteiger partial charge in [0.05, 0.1) is 21.5 Å². The van der Waals surface area contributed by atoms with E-state index in [0.717, 1.165) is 0 Å². The van der Waals surface area contributed by atoms with Gasteiger partial charge in [-0.15, -0.1) is 0 Å². The number of nitrogens with one attached hydrogen (secondary N) is 1. The Labute approximate surface area is 174 Å². The number of ether oxygens (including phenoxy) is 2. The first-order valence-electron chi connectivity index (χ1n) is 9.40. The molecular formula is C20H21ClN2O5S. The van der Waals surface area contributed by atoms with E-state index < -0.39 is 15.9 Å². The largest absolute Gasteiger partial charge is 0.486 e. The molecule has 1 amide bonds. The lowest BCUT2D eigenvalue weighted by Crippen LogP contribution is -2.43. The summed E-state index contributed by atoms with van der Waals surface area (Å²) in [7, 11) is -3.63. The lowest BCUT2D eigenvalue weighted by atomic mass is 9.98. The van der Waals surface area contributed by atoms with Crippen LogP contribution < -0.4 is 14.8 Å². The third-order valence-electron chi connectivity index (χ3n) is 5.03. The van der Waals surface area contributed by atoms with Gasteiger partial charge in [-0.3, -0.25) is 4.79 Å². The molecule has 7 nitrogen and oxygen atoms in total. The summed E-state index contributed by atoms with van der Waals surface area (Å²) in [4.78, 5) is 13.1. The van der Waals surface area contributed by atoms with Crippen molar-refractivity contribution in [3.05, 3.63) is 47.5 Å². The van der Waals surface area contributed by atoms with E-state index in [1.165, 1.54) is 4.31 Å². The molecule has 1 unspecified atom stereocenters. The normalized spacial score (nSPS) is 19.6. The van der Waals surface area contributed by atoms with Gasteiger partial charge in [0, 0.05) is 25.2 Å². The van der Waals surface area contributed by atoms with Gasteiger partial charge in [-0.05, 0) is 25.0 Å². The second kappa shape index (κ2) is 8.22. The Morgan fingerprint density at radius 3 is 2.52 bits per heavy atom. The molecule has 0 aromatic heterocycles. The summed E-state index contributed by atoms with van der Waals surface area (Å²) in [6.45, 7) is 1.40. The first kappa shape index (κ1) is 20.0. The van der Waals surface area contributed by atoms with Crippen molar-refractivity contribution in [3.63, 3.8) is 0 Å². The van der Waals surface area contributed by atoms with Gasteiger partial charge in [0.2, 0.25) is 15.9 Å². The fourth-order valence-corrected chi connectivity index (χ4v) is 5.26. The van der Waals surface area contributed by atoms with E-state index in [0.29, 0.717) is 54.8 Å². The van der Waals surface area contributed by atoms with E-state index >= 15 is 0 Å². The van der Waals surface area contributed by atoms with Crippen molar-refractivity contribution in [2.75, 3.05) is 31.6 Å². The summed E-state index contributed by atoms with van der Waals surface area (Å²) in [5.41, 5.74) is 0.420. The van der Waals surface area contributed by atoms with E-state index in [1.807, 2.05) is 0 Å². The van der Waals surface area contributed by atoms with Crippen molar-refractivity contribution in [1.29, 1.82) is 0 Å². The van der Waals surface area contributed by atoms with Crippen LogP contribution >= 0.6 is 11.6 Å². The highest BCUT2D eigenvalue weighted by molar-refractivity contribution is 7.89. The Morgan fingerprint density at radius 2 is 1.79 bits per heavy atom. The third-order valence-corrected chi connectivity index (χ3v) is 7.22. The number of sulfonamides is 1.